The van der Waals surface area contributed by atoms with E-state index >= 15 is 0 Å². The fourth-order valence-corrected chi connectivity index (χ4v) is 18.3. The summed E-state index contributed by atoms with van der Waals surface area (Å²) < 4.78 is 270. The molecule has 774 valence electrons. The molecule has 7 fully saturated rings. The van der Waals surface area contributed by atoms with Crippen LogP contribution in [0.25, 0.3) is 0 Å². The lowest BCUT2D eigenvalue weighted by atomic mass is 9.47. The molecule has 0 aliphatic heterocycles. The summed E-state index contributed by atoms with van der Waals surface area (Å²) in [6.45, 7) is 44.8. The first-order chi connectivity index (χ1) is 58.4. The van der Waals surface area contributed by atoms with E-state index in [1.807, 2.05) is 6.92 Å². The largest absolute Gasteiger partial charge is 0.459 e. The number of carbonyl (C=O) groups excluding carboxylic acids is 6. The topological polar surface area (TPSA) is 279 Å². The summed E-state index contributed by atoms with van der Waals surface area (Å²) in [7, 11) is 0. The monoisotopic (exact) mass is 1930 g/mol. The molecule has 0 heterocycles. The molecule has 13 atom stereocenters. The minimum Gasteiger partial charge on any atom is -0.459 e. The highest BCUT2D eigenvalue weighted by Crippen LogP contribution is 2.65. The first kappa shape index (κ1) is 124. The Morgan fingerprint density at radius 2 is 0.626 bits per heavy atom. The molecule has 36 heteroatoms. The summed E-state index contributed by atoms with van der Waals surface area (Å²) in [5.74, 6) is -4.83. The van der Waals surface area contributed by atoms with Gasteiger partial charge in [0.25, 0.3) is 0 Å². The van der Waals surface area contributed by atoms with E-state index in [1.54, 1.807) is 118 Å². The standard InChI is InChI=1S/C20H31F3O3.C17H27F3O3.C16H27F3O3.C16H29F3O3.C14H25F3O3.C12H21F3O3/c1-5-17(2,3)16(24)26-15(18(4,25)20(21,22)23)19-9-12-6-13(10-19)8-14(7-12)11-19;1-5-15(2,3)14(21)23-13(16(4,22)17(18,19)20)12-9-10-6-7-11(12)8-10;1-5-14(2,3)13(20)22-12(11-9-7-6-8-10-11)15(4,21)16(17,18)19;1-9-13(6,7)12(20)22-15(10(2)3,11(4)5)14(8,21)16(17,18)19;1-7-11(4,5)10(18)20-13(8-2,9-3)12(6,19)14(15,16)17;1-6-8(11(5,17)12(13,14)15)18-9(16)10(3,4)7-2/h12-15,25H,5-11H2,1-4H3;10-13,22H,5-9H2,1-4H3;11-12,21H,5-10H2,1-4H3;10-11,21H,9H2,1-8H3;19H,7-9H2,1-6H3;8,17H,6-7H2,1-5H3. The zero-order valence-corrected chi connectivity index (χ0v) is 83.4. The van der Waals surface area contributed by atoms with Crippen LogP contribution >= 0.6 is 0 Å². The molecule has 0 spiro atoms. The average Bonchev–Trinajstić information content (AvgIpc) is 0.908. The van der Waals surface area contributed by atoms with Gasteiger partial charge in [-0.2, -0.15) is 79.0 Å². The van der Waals surface area contributed by atoms with Crippen LogP contribution in [-0.2, 0) is 57.2 Å². The molecule has 0 amide bonds. The van der Waals surface area contributed by atoms with E-state index in [2.05, 4.69) is 0 Å². The molecule has 7 rings (SSSR count). The van der Waals surface area contributed by atoms with Crippen LogP contribution in [0.2, 0.25) is 0 Å². The lowest BCUT2D eigenvalue weighted by Crippen LogP contribution is -2.68. The fourth-order valence-electron chi connectivity index (χ4n) is 18.3. The molecule has 0 aromatic heterocycles. The van der Waals surface area contributed by atoms with Gasteiger partial charge in [0.05, 0.1) is 32.5 Å². The molecule has 0 radical (unpaired) electrons. The summed E-state index contributed by atoms with van der Waals surface area (Å²) >= 11 is 0. The lowest BCUT2D eigenvalue weighted by molar-refractivity contribution is -0.333. The molecular weight excluding hydrogens is 1770 g/mol. The maximum Gasteiger partial charge on any atom is 0.420 e. The van der Waals surface area contributed by atoms with E-state index in [1.165, 1.54) is 48.5 Å². The third-order valence-electron chi connectivity index (χ3n) is 30.5. The van der Waals surface area contributed by atoms with Crippen molar-refractivity contribution in [2.45, 2.75) is 475 Å². The van der Waals surface area contributed by atoms with Crippen LogP contribution in [-0.4, -0.2) is 173 Å². The molecule has 13 unspecified atom stereocenters. The normalized spacial score (nSPS) is 24.5. The van der Waals surface area contributed by atoms with Crippen LogP contribution < -0.4 is 0 Å². The van der Waals surface area contributed by atoms with Crippen LogP contribution in [0.3, 0.4) is 0 Å². The SMILES string of the molecule is CCC(C)(C)C(=O)OC(C(C)C)(C(C)C)C(C)(O)C(F)(F)F.CCC(C)(C)C(=O)OC(C12CC3CC(CC(C3)C1)C2)C(C)(O)C(F)(F)F.CCC(C)(C)C(=O)OC(C1CC2CCC1C2)C(C)(O)C(F)(F)F.CCC(C)(C)C(=O)OC(C1CCCCC1)C(C)(O)C(F)(F)F.CCC(C)(C)C(=O)OC(CC)(CC)C(C)(O)C(F)(F)F.CCC(OC(=O)C(C)(C)CC)C(C)(O)C(F)(F)F. The van der Waals surface area contributed by atoms with Crippen molar-refractivity contribution in [3.8, 4) is 0 Å². The zero-order chi connectivity index (χ0) is 104. The number of hydrogen-bond acceptors (Lipinski definition) is 18. The Morgan fingerprint density at radius 1 is 0.321 bits per heavy atom. The second-order valence-corrected chi connectivity index (χ2v) is 43.5. The summed E-state index contributed by atoms with van der Waals surface area (Å²) in [5, 5.41) is 60.5. The number of ether oxygens (including phenoxy) is 6. The maximum absolute atomic E-state index is 13.8. The van der Waals surface area contributed by atoms with E-state index in [9.17, 15) is 138 Å². The molecule has 7 saturated carbocycles. The maximum atomic E-state index is 13.8. The third kappa shape index (κ3) is 28.8. The van der Waals surface area contributed by atoms with Gasteiger partial charge >= 0.3 is 72.9 Å². The zero-order valence-electron chi connectivity index (χ0n) is 83.4. The van der Waals surface area contributed by atoms with Crippen LogP contribution in [0, 0.1) is 91.2 Å². The minimum absolute atomic E-state index is 0.108. The Kier molecular flexibility index (Phi) is 42.4. The van der Waals surface area contributed by atoms with Crippen molar-refractivity contribution < 1.29 is 167 Å². The summed E-state index contributed by atoms with van der Waals surface area (Å²) in [6, 6.07) is 0. The average molecular weight is 1930 g/mol. The van der Waals surface area contributed by atoms with Crippen LogP contribution in [0.5, 0.6) is 0 Å². The van der Waals surface area contributed by atoms with Gasteiger partial charge in [0.2, 0.25) is 0 Å². The predicted molar refractivity (Wildman–Crippen MR) is 458 cm³/mol. The van der Waals surface area contributed by atoms with Crippen LogP contribution in [0.15, 0.2) is 0 Å². The molecule has 6 bridgehead atoms. The number of rotatable bonds is 32. The van der Waals surface area contributed by atoms with E-state index < -0.39 is 204 Å². The van der Waals surface area contributed by atoms with Gasteiger partial charge in [-0.1, -0.05) is 116 Å². The van der Waals surface area contributed by atoms with Crippen molar-refractivity contribution in [2.75, 3.05) is 0 Å². The molecule has 0 aromatic carbocycles. The van der Waals surface area contributed by atoms with Gasteiger partial charge in [-0.05, 0) is 300 Å². The molecule has 7 aliphatic carbocycles. The second kappa shape index (κ2) is 44.6. The molecule has 0 aromatic rings. The molecule has 7 aliphatic rings. The van der Waals surface area contributed by atoms with Crippen molar-refractivity contribution in [1.29, 1.82) is 0 Å². The van der Waals surface area contributed by atoms with Gasteiger partial charge in [0.1, 0.15) is 30.0 Å². The van der Waals surface area contributed by atoms with Crippen LogP contribution in [0.1, 0.15) is 369 Å². The van der Waals surface area contributed by atoms with Gasteiger partial charge in [0, 0.05) is 11.3 Å². The van der Waals surface area contributed by atoms with E-state index in [4.69, 9.17) is 28.4 Å². The van der Waals surface area contributed by atoms with Gasteiger partial charge in [-0.25, -0.2) is 0 Å². The quantitative estimate of drug-likeness (QED) is 0.0207. The Bertz CT molecular complexity index is 3580. The third-order valence-corrected chi connectivity index (χ3v) is 30.5. The van der Waals surface area contributed by atoms with E-state index in [-0.39, 0.29) is 25.2 Å². The number of hydrogen-bond donors (Lipinski definition) is 6. The molecule has 0 saturated heterocycles. The Balaban J connectivity index is 0.000000789. The van der Waals surface area contributed by atoms with E-state index in [0.717, 1.165) is 71.6 Å². The van der Waals surface area contributed by atoms with Crippen molar-refractivity contribution in [3.63, 3.8) is 0 Å². The van der Waals surface area contributed by atoms with Gasteiger partial charge < -0.3 is 59.1 Å². The Hall–Kier alpha value is -4.68. The highest BCUT2D eigenvalue weighted by Gasteiger charge is 2.71. The number of alkyl halides is 18. The van der Waals surface area contributed by atoms with Crippen molar-refractivity contribution in [3.05, 3.63) is 0 Å². The number of fused-ring (bicyclic) bond motifs is 2. The smallest absolute Gasteiger partial charge is 0.420 e. The summed E-state index contributed by atoms with van der Waals surface area (Å²) in [5.41, 5.74) is -28.5. The Morgan fingerprint density at radius 3 is 0.908 bits per heavy atom. The van der Waals surface area contributed by atoms with Gasteiger partial charge in [-0.3, -0.25) is 28.8 Å². The number of carbonyl (C=O) groups is 6. The summed E-state index contributed by atoms with van der Waals surface area (Å²) in [6.07, 6.45) is -21.0. The van der Waals surface area contributed by atoms with Crippen molar-refractivity contribution in [1.82, 2.24) is 0 Å². The molecule has 131 heavy (non-hydrogen) atoms. The molecular formula is C95H160F18O18. The lowest BCUT2D eigenvalue weighted by Gasteiger charge is -2.60. The minimum atomic E-state index is -4.92. The highest BCUT2D eigenvalue weighted by molar-refractivity contribution is 5.79. The number of aliphatic hydroxyl groups is 6. The second-order valence-electron chi connectivity index (χ2n) is 43.5. The van der Waals surface area contributed by atoms with E-state index in [0.29, 0.717) is 128 Å². The predicted octanol–water partition coefficient (Wildman–Crippen LogP) is 24.4. The van der Waals surface area contributed by atoms with Gasteiger partial charge in [-0.15, -0.1) is 0 Å². The summed E-state index contributed by atoms with van der Waals surface area (Å²) in [4.78, 5) is 73.5. The Labute approximate surface area is 765 Å². The number of halogens is 18. The van der Waals surface area contributed by atoms with Gasteiger partial charge in [0.15, 0.2) is 39.2 Å². The van der Waals surface area contributed by atoms with Crippen molar-refractivity contribution >= 4 is 35.8 Å². The molecule has 18 nitrogen and oxygen atoms in total. The van der Waals surface area contributed by atoms with Crippen LogP contribution in [0.4, 0.5) is 79.0 Å². The highest BCUT2D eigenvalue weighted by atomic mass is 19.4. The molecule has 6 N–H and O–H groups in total. The first-order valence-corrected chi connectivity index (χ1v) is 46.5. The number of esters is 6. The fraction of sp³-hybridized carbons (Fsp3) is 0.937. The van der Waals surface area contributed by atoms with Crippen molar-refractivity contribution in [2.24, 2.45) is 91.2 Å². The first-order valence-electron chi connectivity index (χ1n) is 46.5.